The van der Waals surface area contributed by atoms with Crippen molar-refractivity contribution in [3.05, 3.63) is 25.3 Å². The zero-order valence-electron chi connectivity index (χ0n) is 12.5. The van der Waals surface area contributed by atoms with Gasteiger partial charge in [-0.15, -0.1) is 5.12 Å². The van der Waals surface area contributed by atoms with Gasteiger partial charge >= 0.3 is 11.9 Å². The second kappa shape index (κ2) is 11.5. The largest absolute Gasteiger partial charge is 0.480 e. The summed E-state index contributed by atoms with van der Waals surface area (Å²) in [5, 5.41) is 18.7. The molecule has 0 bridgehead atoms. The van der Waals surface area contributed by atoms with Gasteiger partial charge in [-0.05, 0) is 12.2 Å². The molecule has 0 aliphatic carbocycles. The molecule has 2 atom stereocenters. The average molecular weight is 378 g/mol. The van der Waals surface area contributed by atoms with Crippen LogP contribution in [0.4, 0.5) is 0 Å². The molecule has 1 unspecified atom stereocenters. The molecule has 24 heavy (non-hydrogen) atoms. The molecule has 0 rings (SSSR count). The highest BCUT2D eigenvalue weighted by Gasteiger charge is 2.28. The SMILES string of the molecule is C=CC(=O)NN(NC(=O)C=C)[C@@H](CSSCC(N)C(=O)O)C(=O)O. The van der Waals surface area contributed by atoms with Crippen molar-refractivity contribution in [1.29, 1.82) is 0 Å². The van der Waals surface area contributed by atoms with E-state index in [1.165, 1.54) is 0 Å². The molecule has 2 amide bonds. The zero-order valence-corrected chi connectivity index (χ0v) is 14.1. The number of carbonyl (C=O) groups excluding carboxylic acids is 2. The number of hydrazine groups is 2. The minimum atomic E-state index is -1.32. The van der Waals surface area contributed by atoms with E-state index in [9.17, 15) is 24.3 Å². The number of carboxylic acid groups (broad SMARTS) is 2. The standard InChI is InChI=1S/C12H18N4O6S2/c1-3-9(17)14-16(15-10(18)4-2)8(12(21)22)6-24-23-5-7(13)11(19)20/h3-4,7-8H,1-2,5-6,13H2,(H,14,17)(H,15,18)(H,19,20)(H,21,22)/t7?,8-/m0/s1. The Labute approximate surface area is 145 Å². The number of nitrogens with zero attached hydrogens (tertiary/aromatic N) is 1. The molecule has 10 nitrogen and oxygen atoms in total. The van der Waals surface area contributed by atoms with E-state index in [-0.39, 0.29) is 11.5 Å². The molecular weight excluding hydrogens is 360 g/mol. The van der Waals surface area contributed by atoms with Crippen LogP contribution >= 0.6 is 21.6 Å². The van der Waals surface area contributed by atoms with Crippen LogP contribution in [0.2, 0.25) is 0 Å². The lowest BCUT2D eigenvalue weighted by molar-refractivity contribution is -0.148. The lowest BCUT2D eigenvalue weighted by atomic mass is 10.3. The van der Waals surface area contributed by atoms with Gasteiger partial charge in [0.15, 0.2) is 6.04 Å². The Bertz CT molecular complexity index is 494. The molecule has 0 aliphatic heterocycles. The number of nitrogens with one attached hydrogen (secondary N) is 2. The van der Waals surface area contributed by atoms with Crippen molar-refractivity contribution in [3.8, 4) is 0 Å². The number of amides is 2. The Morgan fingerprint density at radius 3 is 1.83 bits per heavy atom. The van der Waals surface area contributed by atoms with Crippen LogP contribution in [0.5, 0.6) is 0 Å². The molecule has 0 aromatic rings. The van der Waals surface area contributed by atoms with Gasteiger partial charge in [0.1, 0.15) is 6.04 Å². The van der Waals surface area contributed by atoms with Crippen molar-refractivity contribution in [1.82, 2.24) is 16.0 Å². The second-order valence-corrected chi connectivity index (χ2v) is 6.65. The number of carbonyl (C=O) groups is 4. The van der Waals surface area contributed by atoms with E-state index >= 15 is 0 Å². The van der Waals surface area contributed by atoms with E-state index in [0.29, 0.717) is 0 Å². The zero-order chi connectivity index (χ0) is 18.7. The van der Waals surface area contributed by atoms with E-state index in [0.717, 1.165) is 38.9 Å². The van der Waals surface area contributed by atoms with Crippen molar-refractivity contribution in [2.75, 3.05) is 11.5 Å². The molecule has 134 valence electrons. The summed E-state index contributed by atoms with van der Waals surface area (Å²) in [5.41, 5.74) is 9.64. The maximum atomic E-state index is 11.4. The summed E-state index contributed by atoms with van der Waals surface area (Å²) in [6.45, 7) is 6.46. The summed E-state index contributed by atoms with van der Waals surface area (Å²) in [6.07, 6.45) is 1.81. The molecule has 0 saturated carbocycles. The van der Waals surface area contributed by atoms with Gasteiger partial charge in [-0.1, -0.05) is 34.7 Å². The van der Waals surface area contributed by atoms with Gasteiger partial charge < -0.3 is 15.9 Å². The van der Waals surface area contributed by atoms with Crippen molar-refractivity contribution >= 4 is 45.3 Å². The van der Waals surface area contributed by atoms with Crippen LogP contribution in [0.25, 0.3) is 0 Å². The van der Waals surface area contributed by atoms with Crippen LogP contribution in [0.1, 0.15) is 0 Å². The minimum Gasteiger partial charge on any atom is -0.480 e. The molecule has 0 heterocycles. The van der Waals surface area contributed by atoms with E-state index in [4.69, 9.17) is 10.8 Å². The van der Waals surface area contributed by atoms with Gasteiger partial charge in [0, 0.05) is 11.5 Å². The van der Waals surface area contributed by atoms with Gasteiger partial charge in [0.25, 0.3) is 11.8 Å². The topological polar surface area (TPSA) is 162 Å². The van der Waals surface area contributed by atoms with Gasteiger partial charge in [-0.3, -0.25) is 30.0 Å². The van der Waals surface area contributed by atoms with Crippen molar-refractivity contribution < 1.29 is 29.4 Å². The van der Waals surface area contributed by atoms with E-state index in [1.54, 1.807) is 0 Å². The Hall–Kier alpha value is -2.02. The Balaban J connectivity index is 4.83. The average Bonchev–Trinajstić information content (AvgIpc) is 2.52. The van der Waals surface area contributed by atoms with Crippen LogP contribution in [0, 0.1) is 0 Å². The quantitative estimate of drug-likeness (QED) is 0.123. The van der Waals surface area contributed by atoms with Crippen LogP contribution in [-0.2, 0) is 19.2 Å². The highest BCUT2D eigenvalue weighted by molar-refractivity contribution is 8.76. The number of hydrogen-bond donors (Lipinski definition) is 5. The summed E-state index contributed by atoms with van der Waals surface area (Å²) in [4.78, 5) is 44.7. The summed E-state index contributed by atoms with van der Waals surface area (Å²) in [7, 11) is 2.09. The van der Waals surface area contributed by atoms with Crippen LogP contribution < -0.4 is 16.6 Å². The molecule has 6 N–H and O–H groups in total. The fourth-order valence-corrected chi connectivity index (χ4v) is 3.38. The molecule has 0 spiro atoms. The predicted molar refractivity (Wildman–Crippen MR) is 90.5 cm³/mol. The predicted octanol–water partition coefficient (Wildman–Crippen LogP) is -1.03. The smallest absolute Gasteiger partial charge is 0.325 e. The maximum absolute atomic E-state index is 11.4. The summed E-state index contributed by atoms with van der Waals surface area (Å²) in [5.74, 6) is -3.96. The number of carboxylic acids is 2. The Morgan fingerprint density at radius 1 is 1.00 bits per heavy atom. The molecule has 12 heteroatoms. The van der Waals surface area contributed by atoms with Crippen LogP contribution in [0.3, 0.4) is 0 Å². The first-order valence-corrected chi connectivity index (χ1v) is 8.82. The third-order valence-electron chi connectivity index (χ3n) is 2.30. The summed E-state index contributed by atoms with van der Waals surface area (Å²) >= 11 is 0. The highest BCUT2D eigenvalue weighted by atomic mass is 33.1. The first-order valence-electron chi connectivity index (χ1n) is 6.33. The fraction of sp³-hybridized carbons (Fsp3) is 0.333. The molecule has 0 fully saturated rings. The molecule has 0 aromatic heterocycles. The first-order chi connectivity index (χ1) is 11.2. The Morgan fingerprint density at radius 2 is 1.46 bits per heavy atom. The molecular formula is C12H18N4O6S2. The maximum Gasteiger partial charge on any atom is 0.325 e. The number of nitrogens with two attached hydrogens (primary N) is 1. The fourth-order valence-electron chi connectivity index (χ4n) is 1.07. The van der Waals surface area contributed by atoms with Gasteiger partial charge in [0.05, 0.1) is 0 Å². The molecule has 0 aromatic carbocycles. The molecule has 0 radical (unpaired) electrons. The van der Waals surface area contributed by atoms with Crippen molar-refractivity contribution in [3.63, 3.8) is 0 Å². The molecule has 0 aliphatic rings. The number of aliphatic carboxylic acids is 2. The van der Waals surface area contributed by atoms with Crippen molar-refractivity contribution in [2.45, 2.75) is 12.1 Å². The highest BCUT2D eigenvalue weighted by Crippen LogP contribution is 2.23. The van der Waals surface area contributed by atoms with E-state index < -0.39 is 35.8 Å². The summed E-state index contributed by atoms with van der Waals surface area (Å²) in [6, 6.07) is -2.40. The third-order valence-corrected chi connectivity index (χ3v) is 4.73. The van der Waals surface area contributed by atoms with E-state index in [1.807, 2.05) is 0 Å². The summed E-state index contributed by atoms with van der Waals surface area (Å²) < 4.78 is 0. The van der Waals surface area contributed by atoms with Gasteiger partial charge in [0.2, 0.25) is 0 Å². The van der Waals surface area contributed by atoms with Gasteiger partial charge in [-0.25, -0.2) is 0 Å². The van der Waals surface area contributed by atoms with Crippen molar-refractivity contribution in [2.24, 2.45) is 5.73 Å². The lowest BCUT2D eigenvalue weighted by Crippen LogP contribution is -2.60. The van der Waals surface area contributed by atoms with Crippen LogP contribution in [0.15, 0.2) is 25.3 Å². The number of hydrogen-bond acceptors (Lipinski definition) is 8. The van der Waals surface area contributed by atoms with E-state index in [2.05, 4.69) is 24.0 Å². The Kier molecular flexibility index (Phi) is 10.5. The minimum absolute atomic E-state index is 0.0599. The van der Waals surface area contributed by atoms with Gasteiger partial charge in [-0.2, -0.15) is 0 Å². The molecule has 0 saturated heterocycles. The third kappa shape index (κ3) is 8.57. The lowest BCUT2D eigenvalue weighted by Gasteiger charge is -2.28. The first kappa shape index (κ1) is 22.0. The monoisotopic (exact) mass is 378 g/mol. The van der Waals surface area contributed by atoms with Crippen LogP contribution in [-0.4, -0.2) is 62.7 Å². The number of rotatable bonds is 12. The normalized spacial score (nSPS) is 12.8. The second-order valence-electron chi connectivity index (χ2n) is 4.10.